The molecule has 1 amide bonds. The van der Waals surface area contributed by atoms with E-state index < -0.39 is 20.0 Å². The van der Waals surface area contributed by atoms with Crippen LogP contribution in [-0.2, 0) is 14.1 Å². The van der Waals surface area contributed by atoms with Crippen molar-refractivity contribution < 1.29 is 34.2 Å². The minimum atomic E-state index is -4.24. The Morgan fingerprint density at radius 1 is 1.38 bits per heavy atom. The molecule has 0 saturated carbocycles. The van der Waals surface area contributed by atoms with Crippen molar-refractivity contribution in [3.05, 3.63) is 0 Å². The van der Waals surface area contributed by atoms with E-state index in [1.165, 1.54) is 0 Å². The maximum atomic E-state index is 10.3. The molecule has 11 heteroatoms. The van der Waals surface area contributed by atoms with Gasteiger partial charge in [-0.25, -0.2) is 5.06 Å². The molecule has 0 rings (SSSR count). The third-order valence-electron chi connectivity index (χ3n) is 1.09. The predicted molar refractivity (Wildman–Crippen MR) is 57.7 cm³/mol. The van der Waals surface area contributed by atoms with Gasteiger partial charge < -0.3 is 19.6 Å². The molecule has 0 spiro atoms. The van der Waals surface area contributed by atoms with Gasteiger partial charge in [-0.1, -0.05) is 0 Å². The van der Waals surface area contributed by atoms with Gasteiger partial charge in [-0.3, -0.25) is 14.6 Å². The van der Waals surface area contributed by atoms with E-state index in [1.807, 2.05) is 0 Å². The van der Waals surface area contributed by atoms with Crippen LogP contribution in [0.1, 0.15) is 0 Å². The number of carbonyl (C=O) groups is 1. The number of hydrogen-bond donors (Lipinski definition) is 4. The van der Waals surface area contributed by atoms with E-state index in [-0.39, 0.29) is 83.7 Å². The van der Waals surface area contributed by atoms with Gasteiger partial charge in [-0.2, -0.15) is 0 Å². The molecule has 0 radical (unpaired) electrons. The summed E-state index contributed by atoms with van der Waals surface area (Å²) in [6.07, 6.45) is -1.92. The molecule has 16 heavy (non-hydrogen) atoms. The molecular formula is C5H14NNa2O7P. The van der Waals surface area contributed by atoms with Crippen molar-refractivity contribution in [2.24, 2.45) is 0 Å². The van der Waals surface area contributed by atoms with Gasteiger partial charge in [0.25, 0.3) is 0 Å². The van der Waals surface area contributed by atoms with Crippen molar-refractivity contribution in [3.8, 4) is 0 Å². The summed E-state index contributed by atoms with van der Waals surface area (Å²) in [4.78, 5) is 26.6. The van der Waals surface area contributed by atoms with E-state index in [0.29, 0.717) is 0 Å². The Labute approximate surface area is 137 Å². The summed E-state index contributed by atoms with van der Waals surface area (Å²) in [5.74, 6) is 0. The van der Waals surface area contributed by atoms with Crippen LogP contribution in [0, 0.1) is 0 Å². The molecule has 88 valence electrons. The van der Waals surface area contributed by atoms with Crippen LogP contribution in [0.25, 0.3) is 0 Å². The molecule has 0 bridgehead atoms. The number of hydroxylamine groups is 2. The molecule has 1 atom stereocenters. The van der Waals surface area contributed by atoms with E-state index in [9.17, 15) is 9.36 Å². The first-order valence-corrected chi connectivity index (χ1v) is 5.36. The van der Waals surface area contributed by atoms with E-state index in [2.05, 4.69) is 4.74 Å². The zero-order valence-electron chi connectivity index (χ0n) is 7.18. The number of aliphatic hydroxyl groups excluding tert-OH is 1. The maximum absolute atomic E-state index is 10.3. The van der Waals surface area contributed by atoms with E-state index in [4.69, 9.17) is 20.1 Å². The number of rotatable bonds is 7. The summed E-state index contributed by atoms with van der Waals surface area (Å²) in [6, 6.07) is 0. The molecule has 8 nitrogen and oxygen atoms in total. The van der Waals surface area contributed by atoms with E-state index >= 15 is 0 Å². The molecule has 0 saturated heterocycles. The van der Waals surface area contributed by atoms with Crippen molar-refractivity contribution in [3.63, 3.8) is 0 Å². The van der Waals surface area contributed by atoms with E-state index in [1.54, 1.807) is 0 Å². The summed E-state index contributed by atoms with van der Waals surface area (Å²) in [7, 11) is -4.24. The van der Waals surface area contributed by atoms with Crippen molar-refractivity contribution >= 4 is 73.1 Å². The Morgan fingerprint density at radius 3 is 2.25 bits per heavy atom. The number of ether oxygens (including phenoxy) is 1. The summed E-state index contributed by atoms with van der Waals surface area (Å²) >= 11 is 0. The molecule has 0 aliphatic carbocycles. The van der Waals surface area contributed by atoms with Gasteiger partial charge in [-0.15, -0.1) is 0 Å². The van der Waals surface area contributed by atoms with Gasteiger partial charge in [-0.05, 0) is 0 Å². The third-order valence-corrected chi connectivity index (χ3v) is 1.61. The molecule has 0 aromatic rings. The summed E-state index contributed by atoms with van der Waals surface area (Å²) in [5, 5.41) is 17.8. The van der Waals surface area contributed by atoms with Gasteiger partial charge >= 0.3 is 66.7 Å². The van der Waals surface area contributed by atoms with Gasteiger partial charge in [0, 0.05) is 0 Å². The fraction of sp³-hybridized carbons (Fsp3) is 0.800. The first kappa shape index (κ1) is 22.7. The van der Waals surface area contributed by atoms with Crippen LogP contribution in [-0.4, -0.2) is 116 Å². The van der Waals surface area contributed by atoms with Crippen LogP contribution in [0.5, 0.6) is 0 Å². The summed E-state index contributed by atoms with van der Waals surface area (Å²) < 4.78 is 14.7. The molecule has 0 aliphatic rings. The zero-order chi connectivity index (χ0) is 11.2. The fourth-order valence-electron chi connectivity index (χ4n) is 0.619. The SMILES string of the molecule is O=CN(O)CC(O)COCP(=O)(O)O.[NaH].[NaH]. The number of nitrogens with zero attached hydrogens (tertiary/aromatic N) is 1. The molecule has 1 unspecified atom stereocenters. The van der Waals surface area contributed by atoms with Crippen molar-refractivity contribution in [1.29, 1.82) is 0 Å². The van der Waals surface area contributed by atoms with E-state index in [0.717, 1.165) is 0 Å². The minimum absolute atomic E-state index is 0. The molecular weight excluding hydrogens is 263 g/mol. The predicted octanol–water partition coefficient (Wildman–Crippen LogP) is -2.95. The normalized spacial score (nSPS) is 12.0. The molecule has 0 aromatic carbocycles. The number of aliphatic hydroxyl groups is 1. The average Bonchev–Trinajstić information content (AvgIpc) is 2.01. The molecule has 4 N–H and O–H groups in total. The second-order valence-electron chi connectivity index (χ2n) is 2.55. The average molecular weight is 277 g/mol. The third kappa shape index (κ3) is 15.5. The monoisotopic (exact) mass is 277 g/mol. The first-order valence-electron chi connectivity index (χ1n) is 3.56. The Bertz CT molecular complexity index is 225. The molecule has 0 heterocycles. The zero-order valence-corrected chi connectivity index (χ0v) is 8.08. The van der Waals surface area contributed by atoms with Crippen LogP contribution in [0.2, 0.25) is 0 Å². The second-order valence-corrected chi connectivity index (χ2v) is 4.13. The van der Waals surface area contributed by atoms with Gasteiger partial charge in [0.15, 0.2) is 0 Å². The second kappa shape index (κ2) is 11.6. The first-order chi connectivity index (χ1) is 6.35. The van der Waals surface area contributed by atoms with Crippen LogP contribution in [0.15, 0.2) is 0 Å². The van der Waals surface area contributed by atoms with Gasteiger partial charge in [0.05, 0.1) is 19.3 Å². The molecule has 0 fully saturated rings. The van der Waals surface area contributed by atoms with Crippen molar-refractivity contribution in [2.45, 2.75) is 6.10 Å². The van der Waals surface area contributed by atoms with Crippen LogP contribution in [0.4, 0.5) is 0 Å². The topological polar surface area (TPSA) is 128 Å². The standard InChI is InChI=1S/C5H12NO7P.2Na.2H/c7-3-6(9)1-5(8)2-13-4-14(10,11)12;;;;/h3,5,8-9H,1-2,4H2,(H2,10,11,12);;;;. The van der Waals surface area contributed by atoms with Gasteiger partial charge in [0.1, 0.15) is 6.35 Å². The quantitative estimate of drug-likeness (QED) is 0.129. The fourth-order valence-corrected chi connectivity index (χ4v) is 0.963. The summed E-state index contributed by atoms with van der Waals surface area (Å²) in [5.41, 5.74) is 0. The molecule has 0 aromatic heterocycles. The van der Waals surface area contributed by atoms with Crippen LogP contribution in [0.3, 0.4) is 0 Å². The Balaban J connectivity index is -0.000000845. The number of hydrogen-bond acceptors (Lipinski definition) is 5. The summed E-state index contributed by atoms with van der Waals surface area (Å²) in [6.45, 7) is -0.763. The van der Waals surface area contributed by atoms with Crippen LogP contribution < -0.4 is 0 Å². The van der Waals surface area contributed by atoms with Crippen LogP contribution >= 0.6 is 7.60 Å². The Morgan fingerprint density at radius 2 is 1.88 bits per heavy atom. The number of amides is 1. The van der Waals surface area contributed by atoms with Crippen molar-refractivity contribution in [2.75, 3.05) is 19.5 Å². The Hall–Kier alpha value is 1.50. The van der Waals surface area contributed by atoms with Gasteiger partial charge in [0.2, 0.25) is 6.41 Å². The molecule has 0 aliphatic heterocycles. The Kier molecular flexibility index (Phi) is 16.4. The van der Waals surface area contributed by atoms with Crippen molar-refractivity contribution in [1.82, 2.24) is 5.06 Å². The number of carbonyl (C=O) groups excluding carboxylic acids is 1.